The Morgan fingerprint density at radius 3 is 2.71 bits per heavy atom. The fourth-order valence-electron chi connectivity index (χ4n) is 2.85. The van der Waals surface area contributed by atoms with E-state index < -0.39 is 0 Å². The van der Waals surface area contributed by atoms with Crippen LogP contribution < -0.4 is 5.56 Å². The maximum atomic E-state index is 12.6. The van der Waals surface area contributed by atoms with Gasteiger partial charge in [0.15, 0.2) is 4.77 Å². The minimum atomic E-state index is -0.0618. The zero-order chi connectivity index (χ0) is 14.8. The van der Waals surface area contributed by atoms with Crippen molar-refractivity contribution in [1.82, 2.24) is 14.5 Å². The molecule has 1 aliphatic rings. The summed E-state index contributed by atoms with van der Waals surface area (Å²) in [5.41, 5.74) is 0.678. The van der Waals surface area contributed by atoms with Crippen LogP contribution in [0.4, 0.5) is 0 Å². The molecular formula is C15H18ClN3OS. The number of rotatable bonds is 3. The van der Waals surface area contributed by atoms with Crippen LogP contribution in [-0.4, -0.2) is 34.1 Å². The molecule has 1 aliphatic heterocycles. The Bertz CT molecular complexity index is 762. The van der Waals surface area contributed by atoms with Crippen molar-refractivity contribution in [3.63, 3.8) is 0 Å². The molecule has 3 rings (SSSR count). The summed E-state index contributed by atoms with van der Waals surface area (Å²) >= 11 is 11.3. The quantitative estimate of drug-likeness (QED) is 0.882. The molecule has 0 atom stereocenters. The van der Waals surface area contributed by atoms with Gasteiger partial charge in [0, 0.05) is 18.1 Å². The third-order valence-corrected chi connectivity index (χ3v) is 4.59. The second kappa shape index (κ2) is 6.30. The van der Waals surface area contributed by atoms with Crippen molar-refractivity contribution in [2.24, 2.45) is 0 Å². The van der Waals surface area contributed by atoms with E-state index >= 15 is 0 Å². The predicted octanol–water partition coefficient (Wildman–Crippen LogP) is 3.20. The van der Waals surface area contributed by atoms with Gasteiger partial charge in [0.25, 0.3) is 5.56 Å². The Kier molecular flexibility index (Phi) is 4.42. The molecule has 0 unspecified atom stereocenters. The average Bonchev–Trinajstić information content (AvgIpc) is 2.49. The van der Waals surface area contributed by atoms with Crippen molar-refractivity contribution in [1.29, 1.82) is 0 Å². The lowest BCUT2D eigenvalue weighted by molar-refractivity contribution is 0.219. The molecule has 2 aromatic rings. The number of halogens is 1. The normalized spacial score (nSPS) is 16.4. The molecular weight excluding hydrogens is 306 g/mol. The fourth-order valence-corrected chi connectivity index (χ4v) is 3.31. The maximum Gasteiger partial charge on any atom is 0.262 e. The average molecular weight is 324 g/mol. The molecule has 0 spiro atoms. The van der Waals surface area contributed by atoms with E-state index in [0.29, 0.717) is 21.7 Å². The fraction of sp³-hybridized carbons (Fsp3) is 0.467. The zero-order valence-electron chi connectivity index (χ0n) is 11.8. The van der Waals surface area contributed by atoms with Crippen LogP contribution in [0.15, 0.2) is 23.0 Å². The maximum absolute atomic E-state index is 12.6. The van der Waals surface area contributed by atoms with E-state index in [9.17, 15) is 4.79 Å². The summed E-state index contributed by atoms with van der Waals surface area (Å²) in [6.45, 7) is 3.72. The molecule has 1 N–H and O–H groups in total. The van der Waals surface area contributed by atoms with Crippen LogP contribution in [0.1, 0.15) is 19.3 Å². The van der Waals surface area contributed by atoms with Crippen LogP contribution in [0.5, 0.6) is 0 Å². The minimum absolute atomic E-state index is 0.0618. The lowest BCUT2D eigenvalue weighted by Crippen LogP contribution is -2.35. The highest BCUT2D eigenvalue weighted by Crippen LogP contribution is 2.14. The van der Waals surface area contributed by atoms with Crippen LogP contribution in [0, 0.1) is 4.77 Å². The van der Waals surface area contributed by atoms with Gasteiger partial charge in [-0.2, -0.15) is 0 Å². The van der Waals surface area contributed by atoms with Crippen LogP contribution in [0.3, 0.4) is 0 Å². The van der Waals surface area contributed by atoms with Gasteiger partial charge >= 0.3 is 0 Å². The van der Waals surface area contributed by atoms with Crippen molar-refractivity contribution in [3.05, 3.63) is 38.3 Å². The Morgan fingerprint density at radius 2 is 1.95 bits per heavy atom. The Hall–Kier alpha value is -1.17. The number of nitrogens with zero attached hydrogens (tertiary/aromatic N) is 2. The van der Waals surface area contributed by atoms with Gasteiger partial charge < -0.3 is 9.88 Å². The number of hydrogen-bond donors (Lipinski definition) is 1. The van der Waals surface area contributed by atoms with E-state index in [-0.39, 0.29) is 5.56 Å². The second-order valence-electron chi connectivity index (χ2n) is 5.48. The molecule has 21 heavy (non-hydrogen) atoms. The molecule has 1 saturated heterocycles. The van der Waals surface area contributed by atoms with Crippen LogP contribution >= 0.6 is 23.8 Å². The summed E-state index contributed by atoms with van der Waals surface area (Å²) in [7, 11) is 0. The summed E-state index contributed by atoms with van der Waals surface area (Å²) in [4.78, 5) is 18.1. The van der Waals surface area contributed by atoms with Gasteiger partial charge in [-0.15, -0.1) is 0 Å². The van der Waals surface area contributed by atoms with Crippen molar-refractivity contribution >= 4 is 34.7 Å². The Balaban J connectivity index is 1.90. The molecule has 0 saturated carbocycles. The molecule has 0 aliphatic carbocycles. The molecule has 4 nitrogen and oxygen atoms in total. The lowest BCUT2D eigenvalue weighted by atomic mass is 10.1. The van der Waals surface area contributed by atoms with Crippen molar-refractivity contribution in [2.75, 3.05) is 19.6 Å². The number of piperidine rings is 1. The van der Waals surface area contributed by atoms with E-state index in [4.69, 9.17) is 23.8 Å². The van der Waals surface area contributed by atoms with Crippen LogP contribution in [0.2, 0.25) is 5.02 Å². The summed E-state index contributed by atoms with van der Waals surface area (Å²) in [5, 5.41) is 1.16. The molecule has 112 valence electrons. The lowest BCUT2D eigenvalue weighted by Gasteiger charge is -2.26. The van der Waals surface area contributed by atoms with Gasteiger partial charge in [0.2, 0.25) is 0 Å². The van der Waals surface area contributed by atoms with Gasteiger partial charge in [-0.25, -0.2) is 0 Å². The number of likely N-dealkylation sites (tertiary alicyclic amines) is 1. The summed E-state index contributed by atoms with van der Waals surface area (Å²) in [6, 6.07) is 5.25. The number of fused-ring (bicyclic) bond motifs is 1. The molecule has 1 fully saturated rings. The smallest absolute Gasteiger partial charge is 0.262 e. The van der Waals surface area contributed by atoms with Crippen molar-refractivity contribution in [3.8, 4) is 0 Å². The van der Waals surface area contributed by atoms with E-state index in [0.717, 1.165) is 25.2 Å². The summed E-state index contributed by atoms with van der Waals surface area (Å²) in [5.74, 6) is 0. The monoisotopic (exact) mass is 323 g/mol. The number of H-pyrrole nitrogens is 1. The number of hydrogen-bond acceptors (Lipinski definition) is 3. The molecule has 2 heterocycles. The first-order chi connectivity index (χ1) is 10.1. The molecule has 1 aromatic heterocycles. The number of aromatic nitrogens is 2. The van der Waals surface area contributed by atoms with E-state index in [1.165, 1.54) is 19.3 Å². The van der Waals surface area contributed by atoms with E-state index in [1.54, 1.807) is 22.8 Å². The predicted molar refractivity (Wildman–Crippen MR) is 88.7 cm³/mol. The molecule has 0 bridgehead atoms. The van der Waals surface area contributed by atoms with Crippen LogP contribution in [0.25, 0.3) is 10.9 Å². The first-order valence-electron chi connectivity index (χ1n) is 7.30. The third-order valence-electron chi connectivity index (χ3n) is 4.03. The van der Waals surface area contributed by atoms with Crippen LogP contribution in [-0.2, 0) is 6.54 Å². The van der Waals surface area contributed by atoms with Crippen molar-refractivity contribution in [2.45, 2.75) is 25.8 Å². The van der Waals surface area contributed by atoms with E-state index in [1.807, 2.05) is 0 Å². The van der Waals surface area contributed by atoms with E-state index in [2.05, 4.69) is 9.88 Å². The van der Waals surface area contributed by atoms with Gasteiger partial charge in [0.1, 0.15) is 0 Å². The second-order valence-corrected chi connectivity index (χ2v) is 6.30. The van der Waals surface area contributed by atoms with Gasteiger partial charge in [-0.1, -0.05) is 18.0 Å². The molecule has 0 amide bonds. The first kappa shape index (κ1) is 14.8. The number of nitrogens with one attached hydrogen (secondary N) is 1. The first-order valence-corrected chi connectivity index (χ1v) is 8.08. The largest absolute Gasteiger partial charge is 0.332 e. The molecule has 0 radical (unpaired) electrons. The topological polar surface area (TPSA) is 41.0 Å². The van der Waals surface area contributed by atoms with Crippen molar-refractivity contribution < 1.29 is 0 Å². The highest BCUT2D eigenvalue weighted by molar-refractivity contribution is 7.71. The number of benzene rings is 1. The zero-order valence-corrected chi connectivity index (χ0v) is 13.3. The van der Waals surface area contributed by atoms with Gasteiger partial charge in [-0.3, -0.25) is 9.36 Å². The summed E-state index contributed by atoms with van der Waals surface area (Å²) in [6.07, 6.45) is 3.80. The Morgan fingerprint density at radius 1 is 1.19 bits per heavy atom. The SMILES string of the molecule is O=c1c2cc(Cl)ccc2[nH]c(=S)n1CCN1CCCCC1. The number of aromatic amines is 1. The summed E-state index contributed by atoms with van der Waals surface area (Å²) < 4.78 is 2.12. The molecule has 6 heteroatoms. The standard InChI is InChI=1S/C15H18ClN3OS/c16-11-4-5-13-12(10-11)14(20)19(15(21)17-13)9-8-18-6-2-1-3-7-18/h4-5,10H,1-3,6-9H2,(H,17,21). The molecule has 1 aromatic carbocycles. The highest BCUT2D eigenvalue weighted by atomic mass is 35.5. The highest BCUT2D eigenvalue weighted by Gasteiger charge is 2.11. The van der Waals surface area contributed by atoms with Gasteiger partial charge in [0.05, 0.1) is 10.9 Å². The Labute approximate surface area is 133 Å². The third kappa shape index (κ3) is 3.20. The minimum Gasteiger partial charge on any atom is -0.332 e. The van der Waals surface area contributed by atoms with Gasteiger partial charge in [-0.05, 0) is 56.3 Å².